The van der Waals surface area contributed by atoms with Crippen LogP contribution in [0.25, 0.3) is 0 Å². The van der Waals surface area contributed by atoms with E-state index in [-0.39, 0.29) is 0 Å². The van der Waals surface area contributed by atoms with Crippen LogP contribution in [0.1, 0.15) is 40.3 Å². The molecular formula is C21H27BN6S. The fourth-order valence-corrected chi connectivity index (χ4v) is 5.12. The first-order valence-electron chi connectivity index (χ1n) is 10.0. The monoisotopic (exact) mass is 406 g/mol. The fourth-order valence-electron chi connectivity index (χ4n) is 5.12. The Bertz CT molecular complexity index is 922. The van der Waals surface area contributed by atoms with Gasteiger partial charge in [0.1, 0.15) is 12.1 Å². The minimum absolute atomic E-state index is 0.360. The number of hydrogen-bond acceptors (Lipinski definition) is 7. The summed E-state index contributed by atoms with van der Waals surface area (Å²) in [6.45, 7) is 6.62. The van der Waals surface area contributed by atoms with E-state index < -0.39 is 0 Å². The van der Waals surface area contributed by atoms with Crippen molar-refractivity contribution in [2.24, 2.45) is 5.41 Å². The van der Waals surface area contributed by atoms with Gasteiger partial charge in [-0.1, -0.05) is 6.07 Å². The van der Waals surface area contributed by atoms with Gasteiger partial charge < -0.3 is 21.4 Å². The Hall–Kier alpha value is -2.06. The van der Waals surface area contributed by atoms with Crippen LogP contribution in [0.2, 0.25) is 0 Å². The molecule has 1 spiro atoms. The number of nitrogen functional groups attached to an aromatic ring is 1. The lowest BCUT2D eigenvalue weighted by Crippen LogP contribution is -2.71. The number of thiol groups is 1. The molecule has 2 fully saturated rings. The highest BCUT2D eigenvalue weighted by molar-refractivity contribution is 8.03. The zero-order valence-electron chi connectivity index (χ0n) is 16.8. The van der Waals surface area contributed by atoms with Crippen LogP contribution in [0, 0.1) is 17.7 Å². The summed E-state index contributed by atoms with van der Waals surface area (Å²) in [7, 11) is 4.19. The summed E-state index contributed by atoms with van der Waals surface area (Å²) in [5.74, 6) is 1.51. The number of anilines is 2. The van der Waals surface area contributed by atoms with E-state index in [4.69, 9.17) is 11.1 Å². The predicted molar refractivity (Wildman–Crippen MR) is 123 cm³/mol. The van der Waals surface area contributed by atoms with Gasteiger partial charge >= 0.3 is 0 Å². The quantitative estimate of drug-likeness (QED) is 0.271. The van der Waals surface area contributed by atoms with Gasteiger partial charge in [-0.25, -0.2) is 22.4 Å². The van der Waals surface area contributed by atoms with Crippen molar-refractivity contribution >= 4 is 37.3 Å². The van der Waals surface area contributed by atoms with Gasteiger partial charge in [-0.3, -0.25) is 0 Å². The fraction of sp³-hybridized carbons (Fsp3) is 0.476. The summed E-state index contributed by atoms with van der Waals surface area (Å²) in [4.78, 5) is 11.7. The summed E-state index contributed by atoms with van der Waals surface area (Å²) in [6, 6.07) is 3.98. The first-order valence-corrected chi connectivity index (χ1v) is 10.6. The van der Waals surface area contributed by atoms with Crippen LogP contribution >= 0.6 is 12.5 Å². The number of benzene rings is 1. The molecule has 4 N–H and O–H groups in total. The topological polar surface area (TPSA) is 90.9 Å². The standard InChI is InChI=1S/C21H26N6.BHS/c1-13-2-5-17(23)16(7-22)19(13)14-3-4-15-18(6-14)25-12-26-20(15)27-10-21(11-27)8-24-9-21;1-2/h2,5,7,12,14,22,24H,3-4,6,8-11,23H2,1H3;2H. The number of nitrogens with two attached hydrogens (primary N) is 1. The number of fused-ring (bicyclic) bond motifs is 1. The Morgan fingerprint density at radius 1 is 1.31 bits per heavy atom. The van der Waals surface area contributed by atoms with Crippen LogP contribution in [0.4, 0.5) is 11.5 Å². The molecule has 1 aromatic carbocycles. The number of rotatable bonds is 3. The van der Waals surface area contributed by atoms with Gasteiger partial charge in [0, 0.05) is 60.3 Å². The van der Waals surface area contributed by atoms with Crippen molar-refractivity contribution in [2.75, 3.05) is 36.8 Å². The van der Waals surface area contributed by atoms with Crippen LogP contribution in [0.3, 0.4) is 0 Å². The lowest BCUT2D eigenvalue weighted by atomic mass is 9.74. The third kappa shape index (κ3) is 3.42. The first-order chi connectivity index (χ1) is 14.1. The highest BCUT2D eigenvalue weighted by Crippen LogP contribution is 2.42. The number of hydrogen-bond donors (Lipinski definition) is 4. The lowest BCUT2D eigenvalue weighted by molar-refractivity contribution is 0.120. The average molecular weight is 406 g/mol. The van der Waals surface area contributed by atoms with Crippen molar-refractivity contribution in [1.82, 2.24) is 15.3 Å². The van der Waals surface area contributed by atoms with Crippen LogP contribution in [-0.4, -0.2) is 49.5 Å². The number of nitrogens with zero attached hydrogens (tertiary/aromatic N) is 3. The van der Waals surface area contributed by atoms with Gasteiger partial charge in [0.15, 0.2) is 7.12 Å². The van der Waals surface area contributed by atoms with E-state index in [1.165, 1.54) is 28.6 Å². The van der Waals surface area contributed by atoms with E-state index in [0.717, 1.165) is 56.8 Å². The number of aryl methyl sites for hydroxylation is 1. The molecule has 1 unspecified atom stereocenters. The molecular weight excluding hydrogens is 379 g/mol. The molecule has 2 aliphatic heterocycles. The normalized spacial score (nSPS) is 21.3. The van der Waals surface area contributed by atoms with Gasteiger partial charge in [-0.2, -0.15) is 0 Å². The van der Waals surface area contributed by atoms with Gasteiger partial charge in [-0.05, 0) is 49.3 Å². The van der Waals surface area contributed by atoms with Crippen LogP contribution in [0.15, 0.2) is 18.5 Å². The summed E-state index contributed by atoms with van der Waals surface area (Å²) >= 11 is 3.03. The summed E-state index contributed by atoms with van der Waals surface area (Å²) in [6.07, 6.45) is 6.08. The van der Waals surface area contributed by atoms with E-state index in [9.17, 15) is 0 Å². The van der Waals surface area contributed by atoms with Gasteiger partial charge in [0.25, 0.3) is 0 Å². The van der Waals surface area contributed by atoms with Crippen molar-refractivity contribution in [2.45, 2.75) is 32.1 Å². The van der Waals surface area contributed by atoms with E-state index in [1.54, 1.807) is 6.33 Å². The molecule has 3 heterocycles. The number of aromatic nitrogens is 2. The Morgan fingerprint density at radius 2 is 2.07 bits per heavy atom. The maximum absolute atomic E-state index is 7.83. The van der Waals surface area contributed by atoms with E-state index in [0.29, 0.717) is 17.0 Å². The van der Waals surface area contributed by atoms with E-state index in [1.807, 2.05) is 6.07 Å². The Kier molecular flexibility index (Phi) is 5.57. The molecule has 2 aromatic rings. The summed E-state index contributed by atoms with van der Waals surface area (Å²) in [5, 5.41) is 11.2. The molecule has 3 aliphatic rings. The molecule has 0 bridgehead atoms. The first kappa shape index (κ1) is 20.2. The molecule has 1 aliphatic carbocycles. The Morgan fingerprint density at radius 3 is 2.72 bits per heavy atom. The molecule has 5 rings (SSSR count). The van der Waals surface area contributed by atoms with E-state index >= 15 is 0 Å². The Balaban J connectivity index is 0.000000994. The molecule has 1 atom stereocenters. The molecule has 1 aromatic heterocycles. The Labute approximate surface area is 178 Å². The molecule has 29 heavy (non-hydrogen) atoms. The lowest BCUT2D eigenvalue weighted by Gasteiger charge is -2.57. The highest BCUT2D eigenvalue weighted by atomic mass is 32.1. The van der Waals surface area contributed by atoms with Crippen molar-refractivity contribution in [1.29, 1.82) is 5.41 Å². The summed E-state index contributed by atoms with van der Waals surface area (Å²) < 4.78 is 0. The van der Waals surface area contributed by atoms with Crippen molar-refractivity contribution in [3.8, 4) is 0 Å². The SMILES string of the molecule is Cc1ccc(N)c(C=N)c1C1CCc2c(ncnc2N2CC3(CNC3)C2)C1.[B]S. The van der Waals surface area contributed by atoms with Crippen LogP contribution in [-0.2, 0) is 12.8 Å². The van der Waals surface area contributed by atoms with Crippen molar-refractivity contribution in [3.63, 3.8) is 0 Å². The zero-order valence-corrected chi connectivity index (χ0v) is 17.7. The highest BCUT2D eigenvalue weighted by Gasteiger charge is 2.48. The predicted octanol–water partition coefficient (Wildman–Crippen LogP) is 2.05. The molecule has 2 radical (unpaired) electrons. The molecule has 6 nitrogen and oxygen atoms in total. The smallest absolute Gasteiger partial charge is 0.156 e. The van der Waals surface area contributed by atoms with Crippen LogP contribution in [0.5, 0.6) is 0 Å². The van der Waals surface area contributed by atoms with Crippen LogP contribution < -0.4 is 16.0 Å². The molecule has 0 saturated carbocycles. The largest absolute Gasteiger partial charge is 0.398 e. The molecule has 2 saturated heterocycles. The maximum atomic E-state index is 7.83. The van der Waals surface area contributed by atoms with Gasteiger partial charge in [0.2, 0.25) is 0 Å². The minimum atomic E-state index is 0.360. The third-order valence-electron chi connectivity index (χ3n) is 6.64. The average Bonchev–Trinajstić information content (AvgIpc) is 2.68. The second kappa shape index (κ2) is 7.99. The summed E-state index contributed by atoms with van der Waals surface area (Å²) in [5.41, 5.74) is 13.1. The van der Waals surface area contributed by atoms with Crippen molar-refractivity contribution in [3.05, 3.63) is 46.4 Å². The van der Waals surface area contributed by atoms with Crippen molar-refractivity contribution < 1.29 is 0 Å². The molecule has 150 valence electrons. The second-order valence-corrected chi connectivity index (χ2v) is 8.47. The zero-order chi connectivity index (χ0) is 20.6. The second-order valence-electron chi connectivity index (χ2n) is 8.47. The van der Waals surface area contributed by atoms with Gasteiger partial charge in [0.05, 0.1) is 0 Å². The molecule has 8 heteroatoms. The maximum Gasteiger partial charge on any atom is 0.156 e. The van der Waals surface area contributed by atoms with Gasteiger partial charge in [-0.15, -0.1) is 0 Å². The van der Waals surface area contributed by atoms with E-state index in [2.05, 4.69) is 52.8 Å². The minimum Gasteiger partial charge on any atom is -0.398 e. The molecule has 0 amide bonds. The number of nitrogens with one attached hydrogen (secondary N) is 2. The third-order valence-corrected chi connectivity index (χ3v) is 6.64.